The molecule has 26 heavy (non-hydrogen) atoms. The van der Waals surface area contributed by atoms with Crippen molar-refractivity contribution in [3.63, 3.8) is 0 Å². The van der Waals surface area contributed by atoms with Crippen molar-refractivity contribution in [2.45, 2.75) is 45.3 Å². The van der Waals surface area contributed by atoms with Crippen LogP contribution in [-0.4, -0.2) is 39.2 Å². The summed E-state index contributed by atoms with van der Waals surface area (Å²) in [5, 5.41) is 0.308. The Kier molecular flexibility index (Phi) is 6.42. The lowest BCUT2D eigenvalue weighted by atomic mass is 10.2. The number of aryl methyl sites for hydroxylation is 1. The van der Waals surface area contributed by atoms with E-state index in [-0.39, 0.29) is 29.6 Å². The smallest absolute Gasteiger partial charge is 0.311 e. The van der Waals surface area contributed by atoms with Crippen LogP contribution in [0.15, 0.2) is 22.1 Å². The van der Waals surface area contributed by atoms with Crippen LogP contribution in [0.25, 0.3) is 0 Å². The van der Waals surface area contributed by atoms with Gasteiger partial charge in [0.2, 0.25) is 0 Å². The number of aromatic amines is 1. The number of aromatic nitrogens is 3. The number of carbonyl (C=O) groups is 2. The molecule has 0 spiro atoms. The van der Waals surface area contributed by atoms with E-state index in [2.05, 4.69) is 33.1 Å². The van der Waals surface area contributed by atoms with Crippen molar-refractivity contribution < 1.29 is 14.3 Å². The maximum atomic E-state index is 12.6. The Morgan fingerprint density at radius 3 is 2.58 bits per heavy atom. The van der Waals surface area contributed by atoms with E-state index in [1.807, 2.05) is 19.9 Å². The average Bonchev–Trinajstić information content (AvgIpc) is 2.86. The maximum Gasteiger partial charge on any atom is 0.311 e. The van der Waals surface area contributed by atoms with Crippen molar-refractivity contribution in [1.82, 2.24) is 14.5 Å². The summed E-state index contributed by atoms with van der Waals surface area (Å²) in [6.45, 7) is 8.06. The number of methoxy groups -OCH3 is 1. The number of ketones is 1. The quantitative estimate of drug-likeness (QED) is 0.345. The number of thioether (sulfide) groups is 1. The van der Waals surface area contributed by atoms with Crippen molar-refractivity contribution >= 4 is 23.5 Å². The van der Waals surface area contributed by atoms with Crippen LogP contribution in [0.4, 0.5) is 0 Å². The zero-order valence-corrected chi connectivity index (χ0v) is 16.4. The Balaban J connectivity index is 2.14. The van der Waals surface area contributed by atoms with Crippen molar-refractivity contribution in [1.29, 1.82) is 0 Å². The molecule has 0 aliphatic heterocycles. The van der Waals surface area contributed by atoms with Crippen LogP contribution >= 0.6 is 11.8 Å². The molecule has 0 unspecified atom stereocenters. The van der Waals surface area contributed by atoms with Crippen molar-refractivity contribution in [2.75, 3.05) is 12.9 Å². The normalized spacial score (nSPS) is 11.0. The highest BCUT2D eigenvalue weighted by atomic mass is 32.2. The van der Waals surface area contributed by atoms with Gasteiger partial charge in [0.25, 0.3) is 5.56 Å². The van der Waals surface area contributed by atoms with Gasteiger partial charge in [-0.05, 0) is 33.8 Å². The number of ether oxygens (including phenoxy) is 1. The number of H-pyrrole nitrogens is 1. The summed E-state index contributed by atoms with van der Waals surface area (Å²) >= 11 is 1.14. The van der Waals surface area contributed by atoms with Crippen LogP contribution in [0, 0.1) is 13.8 Å². The van der Waals surface area contributed by atoms with Crippen LogP contribution < -0.4 is 5.56 Å². The summed E-state index contributed by atoms with van der Waals surface area (Å²) in [4.78, 5) is 42.5. The summed E-state index contributed by atoms with van der Waals surface area (Å²) in [7, 11) is 1.28. The molecule has 0 aromatic carbocycles. The summed E-state index contributed by atoms with van der Waals surface area (Å²) in [5.74, 6) is -0.361. The number of rotatable bonds is 7. The molecule has 0 fully saturated rings. The van der Waals surface area contributed by atoms with E-state index in [0.29, 0.717) is 16.4 Å². The van der Waals surface area contributed by atoms with Crippen molar-refractivity contribution in [3.8, 4) is 0 Å². The molecule has 0 bridgehead atoms. The minimum Gasteiger partial charge on any atom is -0.469 e. The first-order valence-corrected chi connectivity index (χ1v) is 9.23. The van der Waals surface area contributed by atoms with Crippen LogP contribution in [0.3, 0.4) is 0 Å². The Hall–Kier alpha value is -2.35. The number of Topliss-reactive ketones (excluding diaryl/α,β-unsaturated/α-hetero) is 1. The lowest BCUT2D eigenvalue weighted by molar-refractivity contribution is -0.139. The fraction of sp³-hybridized carbons (Fsp3) is 0.444. The molecule has 7 nitrogen and oxygen atoms in total. The molecule has 8 heteroatoms. The van der Waals surface area contributed by atoms with E-state index < -0.39 is 5.97 Å². The van der Waals surface area contributed by atoms with E-state index in [0.717, 1.165) is 23.1 Å². The molecule has 0 radical (unpaired) electrons. The lowest BCUT2D eigenvalue weighted by Crippen LogP contribution is -2.14. The fourth-order valence-electron chi connectivity index (χ4n) is 2.93. The third kappa shape index (κ3) is 4.63. The van der Waals surface area contributed by atoms with Crippen LogP contribution in [0.5, 0.6) is 0 Å². The van der Waals surface area contributed by atoms with Gasteiger partial charge in [0.1, 0.15) is 0 Å². The molecule has 2 aromatic heterocycles. The third-order valence-corrected chi connectivity index (χ3v) is 4.84. The maximum absolute atomic E-state index is 12.6. The molecule has 1 N–H and O–H groups in total. The topological polar surface area (TPSA) is 94.0 Å². The molecule has 2 aromatic rings. The van der Waals surface area contributed by atoms with Gasteiger partial charge in [-0.1, -0.05) is 11.8 Å². The fourth-order valence-corrected chi connectivity index (χ4v) is 3.71. The molecule has 2 rings (SSSR count). The van der Waals surface area contributed by atoms with E-state index in [1.165, 1.54) is 13.2 Å². The number of nitrogens with zero attached hydrogens (tertiary/aromatic N) is 2. The van der Waals surface area contributed by atoms with Crippen molar-refractivity contribution in [3.05, 3.63) is 45.1 Å². The summed E-state index contributed by atoms with van der Waals surface area (Å²) in [5.41, 5.74) is 2.60. The molecule has 0 saturated carbocycles. The zero-order chi connectivity index (χ0) is 19.4. The van der Waals surface area contributed by atoms with Crippen molar-refractivity contribution in [2.24, 2.45) is 0 Å². The second-order valence-electron chi connectivity index (χ2n) is 6.26. The van der Waals surface area contributed by atoms with Gasteiger partial charge < -0.3 is 14.3 Å². The molecule has 0 aliphatic rings. The standard InChI is InChI=1S/C18H23N3O4S/c1-10(2)21-11(3)6-14(12(21)4)15(22)9-26-18-19-13(7-16(23)20-18)8-17(24)25-5/h6-7,10H,8-9H2,1-5H3,(H,19,20,23). The zero-order valence-electron chi connectivity index (χ0n) is 15.6. The number of hydrogen-bond acceptors (Lipinski definition) is 6. The largest absolute Gasteiger partial charge is 0.469 e. The van der Waals surface area contributed by atoms with Gasteiger partial charge in [0, 0.05) is 29.1 Å². The van der Waals surface area contributed by atoms with Gasteiger partial charge in [-0.15, -0.1) is 0 Å². The highest BCUT2D eigenvalue weighted by molar-refractivity contribution is 7.99. The number of hydrogen-bond donors (Lipinski definition) is 1. The van der Waals surface area contributed by atoms with E-state index in [4.69, 9.17) is 0 Å². The first kappa shape index (κ1) is 20.0. The summed E-state index contributed by atoms with van der Waals surface area (Å²) in [6, 6.07) is 3.42. The second kappa shape index (κ2) is 8.35. The van der Waals surface area contributed by atoms with Crippen LogP contribution in [-0.2, 0) is 16.0 Å². The van der Waals surface area contributed by atoms with Gasteiger partial charge in [0.15, 0.2) is 10.9 Å². The van der Waals surface area contributed by atoms with E-state index >= 15 is 0 Å². The van der Waals surface area contributed by atoms with Gasteiger partial charge in [0.05, 0.1) is 25.0 Å². The van der Waals surface area contributed by atoms with Gasteiger partial charge >= 0.3 is 5.97 Å². The Morgan fingerprint density at radius 2 is 2.00 bits per heavy atom. The van der Waals surface area contributed by atoms with Gasteiger partial charge in [-0.3, -0.25) is 14.4 Å². The highest BCUT2D eigenvalue weighted by Crippen LogP contribution is 2.22. The monoisotopic (exact) mass is 377 g/mol. The predicted molar refractivity (Wildman–Crippen MR) is 99.9 cm³/mol. The first-order chi connectivity index (χ1) is 12.2. The molecule has 0 aliphatic carbocycles. The van der Waals surface area contributed by atoms with E-state index in [9.17, 15) is 14.4 Å². The molecular weight excluding hydrogens is 354 g/mol. The number of esters is 1. The van der Waals surface area contributed by atoms with Gasteiger partial charge in [-0.25, -0.2) is 4.98 Å². The predicted octanol–water partition coefficient (Wildman–Crippen LogP) is 2.46. The first-order valence-electron chi connectivity index (χ1n) is 8.24. The molecule has 0 atom stereocenters. The Labute approximate surface area is 156 Å². The number of nitrogens with one attached hydrogen (secondary N) is 1. The second-order valence-corrected chi connectivity index (χ2v) is 7.22. The van der Waals surface area contributed by atoms with E-state index in [1.54, 1.807) is 0 Å². The molecule has 2 heterocycles. The minimum atomic E-state index is -0.476. The Morgan fingerprint density at radius 1 is 1.31 bits per heavy atom. The minimum absolute atomic E-state index is 0.0315. The lowest BCUT2D eigenvalue weighted by Gasteiger charge is -2.13. The third-order valence-electron chi connectivity index (χ3n) is 3.97. The SMILES string of the molecule is COC(=O)Cc1cc(=O)[nH]c(SCC(=O)c2cc(C)n(C(C)C)c2C)n1. The molecular formula is C18H23N3O4S. The summed E-state index contributed by atoms with van der Waals surface area (Å²) < 4.78 is 6.70. The number of carbonyl (C=O) groups excluding carboxylic acids is 2. The molecule has 140 valence electrons. The molecule has 0 amide bonds. The summed E-state index contributed by atoms with van der Waals surface area (Å²) in [6.07, 6.45) is -0.0858. The highest BCUT2D eigenvalue weighted by Gasteiger charge is 2.18. The van der Waals surface area contributed by atoms with Crippen LogP contribution in [0.2, 0.25) is 0 Å². The average molecular weight is 377 g/mol. The van der Waals surface area contributed by atoms with Gasteiger partial charge in [-0.2, -0.15) is 0 Å². The van der Waals surface area contributed by atoms with Crippen LogP contribution in [0.1, 0.15) is 47.3 Å². The Bertz CT molecular complexity index is 883. The molecule has 0 saturated heterocycles.